The lowest BCUT2D eigenvalue weighted by atomic mass is 10.1. The summed E-state index contributed by atoms with van der Waals surface area (Å²) in [5.74, 6) is -0.666. The number of ether oxygens (including phenoxy) is 1. The second-order valence-corrected chi connectivity index (χ2v) is 6.55. The summed E-state index contributed by atoms with van der Waals surface area (Å²) in [4.78, 5) is 29.0. The third kappa shape index (κ3) is 4.79. The topological polar surface area (TPSA) is 80.3 Å². The largest absolute Gasteiger partial charge is 0.462 e. The molecule has 29 heavy (non-hydrogen) atoms. The van der Waals surface area contributed by atoms with Crippen LogP contribution < -0.4 is 10.6 Å². The zero-order chi connectivity index (χ0) is 20.8. The Kier molecular flexibility index (Phi) is 6.24. The minimum absolute atomic E-state index is 0.256. The van der Waals surface area contributed by atoms with Crippen LogP contribution in [0.3, 0.4) is 0 Å². The Morgan fingerprint density at radius 3 is 2.55 bits per heavy atom. The third-order valence-corrected chi connectivity index (χ3v) is 4.55. The molecule has 0 aliphatic carbocycles. The molecule has 0 aliphatic heterocycles. The van der Waals surface area contributed by atoms with Gasteiger partial charge in [0.1, 0.15) is 0 Å². The molecule has 0 fully saturated rings. The maximum Gasteiger partial charge on any atom is 0.340 e. The predicted molar refractivity (Wildman–Crippen MR) is 114 cm³/mol. The number of nitrogens with one attached hydrogen (secondary N) is 2. The molecule has 0 atom stereocenters. The van der Waals surface area contributed by atoms with E-state index < -0.39 is 5.97 Å². The van der Waals surface area contributed by atoms with Gasteiger partial charge in [0.15, 0.2) is 0 Å². The summed E-state index contributed by atoms with van der Waals surface area (Å²) in [6.07, 6.45) is 3.10. The highest BCUT2D eigenvalue weighted by Crippen LogP contribution is 2.23. The molecule has 0 unspecified atom stereocenters. The van der Waals surface area contributed by atoms with Crippen LogP contribution in [0.15, 0.2) is 60.9 Å². The molecule has 0 bridgehead atoms. The van der Waals surface area contributed by atoms with Crippen LogP contribution in [0.25, 0.3) is 0 Å². The Labute approximate surface area is 169 Å². The van der Waals surface area contributed by atoms with E-state index in [-0.39, 0.29) is 5.91 Å². The van der Waals surface area contributed by atoms with Gasteiger partial charge in [-0.05, 0) is 56.2 Å². The van der Waals surface area contributed by atoms with Gasteiger partial charge in [0.25, 0.3) is 5.91 Å². The molecule has 0 radical (unpaired) electrons. The van der Waals surface area contributed by atoms with Gasteiger partial charge in [-0.2, -0.15) is 0 Å². The Balaban J connectivity index is 1.81. The Hall–Kier alpha value is -3.67. The molecule has 3 aromatic rings. The van der Waals surface area contributed by atoms with Gasteiger partial charge in [-0.25, -0.2) is 4.79 Å². The first-order valence-electron chi connectivity index (χ1n) is 9.35. The van der Waals surface area contributed by atoms with Crippen LogP contribution >= 0.6 is 0 Å². The van der Waals surface area contributed by atoms with Crippen LogP contribution in [-0.2, 0) is 4.74 Å². The smallest absolute Gasteiger partial charge is 0.340 e. The van der Waals surface area contributed by atoms with Crippen LogP contribution in [-0.4, -0.2) is 23.5 Å². The fourth-order valence-electron chi connectivity index (χ4n) is 2.85. The van der Waals surface area contributed by atoms with Crippen molar-refractivity contribution < 1.29 is 14.3 Å². The van der Waals surface area contributed by atoms with Crippen molar-refractivity contribution in [2.75, 3.05) is 17.2 Å². The van der Waals surface area contributed by atoms with Crippen LogP contribution in [0.1, 0.15) is 38.8 Å². The highest BCUT2D eigenvalue weighted by atomic mass is 16.5. The summed E-state index contributed by atoms with van der Waals surface area (Å²) < 4.78 is 5.10. The molecule has 6 nitrogen and oxygen atoms in total. The average Bonchev–Trinajstić information content (AvgIpc) is 2.72. The van der Waals surface area contributed by atoms with E-state index in [9.17, 15) is 9.59 Å². The van der Waals surface area contributed by atoms with Gasteiger partial charge in [-0.1, -0.05) is 24.3 Å². The van der Waals surface area contributed by atoms with Gasteiger partial charge >= 0.3 is 5.97 Å². The van der Waals surface area contributed by atoms with Gasteiger partial charge in [0.2, 0.25) is 0 Å². The Morgan fingerprint density at radius 1 is 1.00 bits per heavy atom. The molecular weight excluding hydrogens is 366 g/mol. The molecule has 1 heterocycles. The highest BCUT2D eigenvalue weighted by Gasteiger charge is 2.14. The van der Waals surface area contributed by atoms with Crippen molar-refractivity contribution in [3.05, 3.63) is 83.2 Å². The lowest BCUT2D eigenvalue weighted by molar-refractivity contribution is 0.0527. The molecule has 1 amide bonds. The molecule has 2 N–H and O–H groups in total. The van der Waals surface area contributed by atoms with Crippen LogP contribution in [0.5, 0.6) is 0 Å². The van der Waals surface area contributed by atoms with Gasteiger partial charge in [-0.15, -0.1) is 0 Å². The SMILES string of the molecule is CCOC(=O)c1ccccc1Nc1cncc(C(=O)Nc2cccc(C)c2C)c1. The fourth-order valence-corrected chi connectivity index (χ4v) is 2.85. The first-order valence-corrected chi connectivity index (χ1v) is 9.35. The number of hydrogen-bond donors (Lipinski definition) is 2. The summed E-state index contributed by atoms with van der Waals surface area (Å²) in [7, 11) is 0. The molecule has 2 aromatic carbocycles. The number of aryl methyl sites for hydroxylation is 1. The van der Waals surface area contributed by atoms with E-state index in [4.69, 9.17) is 4.74 Å². The number of benzene rings is 2. The molecule has 6 heteroatoms. The van der Waals surface area contributed by atoms with Crippen molar-refractivity contribution in [3.8, 4) is 0 Å². The number of carbonyl (C=O) groups is 2. The summed E-state index contributed by atoms with van der Waals surface area (Å²) in [6, 6.07) is 14.5. The highest BCUT2D eigenvalue weighted by molar-refractivity contribution is 6.05. The van der Waals surface area contributed by atoms with Crippen molar-refractivity contribution in [1.29, 1.82) is 0 Å². The van der Waals surface area contributed by atoms with E-state index in [0.29, 0.717) is 29.1 Å². The molecule has 0 saturated carbocycles. The molecule has 3 rings (SSSR count). The quantitative estimate of drug-likeness (QED) is 0.588. The number of amides is 1. The second kappa shape index (κ2) is 9.01. The van der Waals surface area contributed by atoms with E-state index in [2.05, 4.69) is 15.6 Å². The van der Waals surface area contributed by atoms with Crippen LogP contribution in [0, 0.1) is 13.8 Å². The van der Waals surface area contributed by atoms with E-state index in [1.54, 1.807) is 37.4 Å². The summed E-state index contributed by atoms with van der Waals surface area (Å²) in [6.45, 7) is 6.02. The lowest BCUT2D eigenvalue weighted by Crippen LogP contribution is -2.14. The first-order chi connectivity index (χ1) is 14.0. The number of hydrogen-bond acceptors (Lipinski definition) is 5. The van der Waals surface area contributed by atoms with Gasteiger partial charge in [0, 0.05) is 11.9 Å². The molecule has 0 spiro atoms. The number of rotatable bonds is 6. The van der Waals surface area contributed by atoms with Crippen molar-refractivity contribution in [2.45, 2.75) is 20.8 Å². The summed E-state index contributed by atoms with van der Waals surface area (Å²) >= 11 is 0. The Bertz CT molecular complexity index is 1050. The molecular formula is C23H23N3O3. The number of aromatic nitrogens is 1. The van der Waals surface area contributed by atoms with Crippen LogP contribution in [0.4, 0.5) is 17.1 Å². The third-order valence-electron chi connectivity index (χ3n) is 4.55. The van der Waals surface area contributed by atoms with E-state index >= 15 is 0 Å². The number of pyridine rings is 1. The monoisotopic (exact) mass is 389 g/mol. The maximum atomic E-state index is 12.7. The van der Waals surface area contributed by atoms with Crippen molar-refractivity contribution in [2.24, 2.45) is 0 Å². The normalized spacial score (nSPS) is 10.3. The Morgan fingerprint density at radius 2 is 1.76 bits per heavy atom. The van der Waals surface area contributed by atoms with E-state index in [1.165, 1.54) is 6.20 Å². The molecule has 0 saturated heterocycles. The van der Waals surface area contributed by atoms with Gasteiger partial charge < -0.3 is 15.4 Å². The first kappa shape index (κ1) is 20.1. The standard InChI is InChI=1S/C23H23N3O3/c1-4-29-23(28)19-9-5-6-10-21(19)25-18-12-17(13-24-14-18)22(27)26-20-11-7-8-15(2)16(20)3/h5-14,25H,4H2,1-3H3,(H,26,27). The average molecular weight is 389 g/mol. The van der Waals surface area contributed by atoms with Crippen molar-refractivity contribution in [3.63, 3.8) is 0 Å². The van der Waals surface area contributed by atoms with Crippen LogP contribution in [0.2, 0.25) is 0 Å². The zero-order valence-electron chi connectivity index (χ0n) is 16.7. The minimum Gasteiger partial charge on any atom is -0.462 e. The minimum atomic E-state index is -0.410. The molecule has 1 aromatic heterocycles. The fraction of sp³-hybridized carbons (Fsp3) is 0.174. The van der Waals surface area contributed by atoms with Crippen molar-refractivity contribution >= 4 is 28.9 Å². The second-order valence-electron chi connectivity index (χ2n) is 6.55. The molecule has 0 aliphatic rings. The number of anilines is 3. The summed E-state index contributed by atoms with van der Waals surface area (Å²) in [5.41, 5.74) is 4.89. The predicted octanol–water partition coefficient (Wildman–Crippen LogP) is 4.87. The van der Waals surface area contributed by atoms with Crippen molar-refractivity contribution in [1.82, 2.24) is 4.98 Å². The van der Waals surface area contributed by atoms with E-state index in [1.807, 2.05) is 38.1 Å². The van der Waals surface area contributed by atoms with E-state index in [0.717, 1.165) is 16.8 Å². The lowest BCUT2D eigenvalue weighted by Gasteiger charge is -2.13. The van der Waals surface area contributed by atoms with Gasteiger partial charge in [-0.3, -0.25) is 9.78 Å². The number of esters is 1. The maximum absolute atomic E-state index is 12.7. The zero-order valence-corrected chi connectivity index (χ0v) is 16.7. The number of nitrogens with zero attached hydrogens (tertiary/aromatic N) is 1. The van der Waals surface area contributed by atoms with Gasteiger partial charge in [0.05, 0.1) is 35.3 Å². The molecule has 148 valence electrons. The number of carbonyl (C=O) groups excluding carboxylic acids is 2. The number of para-hydroxylation sites is 1. The summed E-state index contributed by atoms with van der Waals surface area (Å²) in [5, 5.41) is 6.07.